The van der Waals surface area contributed by atoms with Crippen molar-refractivity contribution >= 4 is 29.8 Å². The van der Waals surface area contributed by atoms with Crippen molar-refractivity contribution in [2.24, 2.45) is 10.8 Å². The molecule has 3 fully saturated rings. The predicted molar refractivity (Wildman–Crippen MR) is 228 cm³/mol. The van der Waals surface area contributed by atoms with Gasteiger partial charge in [0.25, 0.3) is 0 Å². The van der Waals surface area contributed by atoms with Crippen LogP contribution in [0.25, 0.3) is 0 Å². The Hall–Kier alpha value is -4.23. The molecule has 358 valence electrons. The van der Waals surface area contributed by atoms with Crippen molar-refractivity contribution in [1.29, 1.82) is 0 Å². The second-order valence-corrected chi connectivity index (χ2v) is 18.3. The standard InChI is InChI=1S/C47H68O17/c1-10-11-12-13-14-15-39(51)62-43-31(22-41(53)58-9)21-34-25-37(28(2)48)61-42(54)24-32(50)23-35-26-38(59-29(3)49)45(6,7)46(55,63-35)27-36-19-30(20-40(52)57-8)18-33(60-36)16-17-44(4,5)47(43,56)64-34/h12-17,20,22,28,32-38,43,48,50,55-56H,10-11,18-19,21,23-27H2,1-9H3/b13-12+,15-14+,17-16?,30-20-,31-22-/t28-,32-,33+,34+,35-,36+,37-,38+,43+,46+,47-/m1/s1. The Morgan fingerprint density at radius 3 is 2.20 bits per heavy atom. The molecule has 0 saturated carbocycles. The number of esters is 5. The van der Waals surface area contributed by atoms with Crippen LogP contribution in [0.15, 0.2) is 59.8 Å². The molecule has 0 radical (unpaired) electrons. The molecule has 0 aromatic rings. The summed E-state index contributed by atoms with van der Waals surface area (Å²) in [5.74, 6) is -8.31. The topological polar surface area (TPSA) is 240 Å². The third-order valence-corrected chi connectivity index (χ3v) is 12.4. The number of ether oxygens (including phenoxy) is 8. The van der Waals surface area contributed by atoms with Crippen LogP contribution < -0.4 is 0 Å². The highest BCUT2D eigenvalue weighted by atomic mass is 16.7. The van der Waals surface area contributed by atoms with E-state index < -0.39 is 114 Å². The first-order chi connectivity index (χ1) is 29.9. The maximum atomic E-state index is 13.4. The second kappa shape index (κ2) is 22.3. The van der Waals surface area contributed by atoms with Gasteiger partial charge in [-0.2, -0.15) is 0 Å². The molecule has 6 bridgehead atoms. The molecule has 64 heavy (non-hydrogen) atoms. The quantitative estimate of drug-likeness (QED) is 0.0830. The summed E-state index contributed by atoms with van der Waals surface area (Å²) >= 11 is 0. The van der Waals surface area contributed by atoms with Crippen molar-refractivity contribution in [1.82, 2.24) is 0 Å². The first-order valence-electron chi connectivity index (χ1n) is 21.9. The van der Waals surface area contributed by atoms with Gasteiger partial charge in [0, 0.05) is 56.3 Å². The highest BCUT2D eigenvalue weighted by Gasteiger charge is 2.59. The van der Waals surface area contributed by atoms with Gasteiger partial charge in [0.2, 0.25) is 5.79 Å². The molecular formula is C47H68O17. The van der Waals surface area contributed by atoms with Gasteiger partial charge in [-0.15, -0.1) is 0 Å². The Labute approximate surface area is 375 Å². The van der Waals surface area contributed by atoms with Gasteiger partial charge in [-0.05, 0) is 38.2 Å². The lowest BCUT2D eigenvalue weighted by Gasteiger charge is -2.53. The summed E-state index contributed by atoms with van der Waals surface area (Å²) in [6, 6.07) is 0. The van der Waals surface area contributed by atoms with Crippen LogP contribution in [0, 0.1) is 10.8 Å². The van der Waals surface area contributed by atoms with Crippen LogP contribution in [0.3, 0.4) is 0 Å². The minimum atomic E-state index is -2.47. The molecular weight excluding hydrogens is 836 g/mol. The highest BCUT2D eigenvalue weighted by molar-refractivity contribution is 5.85. The van der Waals surface area contributed by atoms with Crippen molar-refractivity contribution in [2.45, 2.75) is 179 Å². The molecule has 11 atom stereocenters. The number of cyclic esters (lactones) is 1. The van der Waals surface area contributed by atoms with Gasteiger partial charge in [-0.1, -0.05) is 77.0 Å². The van der Waals surface area contributed by atoms with Crippen molar-refractivity contribution < 1.29 is 82.3 Å². The third kappa shape index (κ3) is 13.4. The normalized spacial score (nSPS) is 35.3. The average molecular weight is 905 g/mol. The van der Waals surface area contributed by atoms with Gasteiger partial charge in [-0.25, -0.2) is 14.4 Å². The monoisotopic (exact) mass is 904 g/mol. The van der Waals surface area contributed by atoms with E-state index in [1.54, 1.807) is 45.9 Å². The van der Waals surface area contributed by atoms with E-state index in [0.717, 1.165) is 32.1 Å². The number of methoxy groups -OCH3 is 2. The number of aliphatic hydroxyl groups excluding tert-OH is 2. The number of aliphatic hydroxyl groups is 4. The fourth-order valence-corrected chi connectivity index (χ4v) is 8.57. The molecule has 0 unspecified atom stereocenters. The number of fused-ring (bicyclic) bond motifs is 6. The van der Waals surface area contributed by atoms with E-state index >= 15 is 0 Å². The number of hydrogen-bond acceptors (Lipinski definition) is 17. The average Bonchev–Trinajstić information content (AvgIpc) is 3.19. The predicted octanol–water partition coefficient (Wildman–Crippen LogP) is 4.28. The van der Waals surface area contributed by atoms with E-state index in [1.165, 1.54) is 33.1 Å². The van der Waals surface area contributed by atoms with Gasteiger partial charge in [0.05, 0.1) is 62.7 Å². The first kappa shape index (κ1) is 52.4. The van der Waals surface area contributed by atoms with Crippen LogP contribution in [0.1, 0.15) is 113 Å². The minimum absolute atomic E-state index is 0.0721. The lowest BCUT2D eigenvalue weighted by atomic mass is 9.70. The zero-order valence-electron chi connectivity index (χ0n) is 38.5. The molecule has 0 spiro atoms. The Morgan fingerprint density at radius 2 is 1.56 bits per heavy atom. The number of carbonyl (C=O) groups is 5. The Balaban J connectivity index is 1.89. The summed E-state index contributed by atoms with van der Waals surface area (Å²) in [7, 11) is 2.40. The van der Waals surface area contributed by atoms with Gasteiger partial charge >= 0.3 is 29.8 Å². The van der Waals surface area contributed by atoms with Gasteiger partial charge in [0.1, 0.15) is 12.2 Å². The van der Waals surface area contributed by atoms with E-state index in [1.807, 2.05) is 13.0 Å². The number of allylic oxidation sites excluding steroid dienone is 3. The Morgan fingerprint density at radius 1 is 0.875 bits per heavy atom. The van der Waals surface area contributed by atoms with Crippen molar-refractivity contribution in [3.8, 4) is 0 Å². The van der Waals surface area contributed by atoms with Gasteiger partial charge < -0.3 is 58.3 Å². The molecule has 0 amide bonds. The molecule has 3 saturated heterocycles. The van der Waals surface area contributed by atoms with E-state index in [2.05, 4.69) is 0 Å². The lowest BCUT2D eigenvalue weighted by Crippen LogP contribution is -2.62. The summed E-state index contributed by atoms with van der Waals surface area (Å²) in [5, 5.41) is 47.5. The highest BCUT2D eigenvalue weighted by Crippen LogP contribution is 2.50. The zero-order valence-corrected chi connectivity index (χ0v) is 38.5. The Kier molecular flexibility index (Phi) is 18.3. The van der Waals surface area contributed by atoms with E-state index in [-0.39, 0.29) is 50.5 Å². The fraction of sp³-hybridized carbons (Fsp3) is 0.681. The van der Waals surface area contributed by atoms with Gasteiger partial charge in [0.15, 0.2) is 11.9 Å². The van der Waals surface area contributed by atoms with Crippen LogP contribution in [0.2, 0.25) is 0 Å². The van der Waals surface area contributed by atoms with E-state index in [4.69, 9.17) is 37.9 Å². The van der Waals surface area contributed by atoms with E-state index in [9.17, 15) is 44.4 Å². The molecule has 0 aromatic heterocycles. The summed E-state index contributed by atoms with van der Waals surface area (Å²) in [6.45, 7) is 11.2. The number of carbonyl (C=O) groups excluding carboxylic acids is 5. The largest absolute Gasteiger partial charge is 0.466 e. The minimum Gasteiger partial charge on any atom is -0.466 e. The molecule has 4 aliphatic heterocycles. The van der Waals surface area contributed by atoms with Crippen LogP contribution >= 0.6 is 0 Å². The van der Waals surface area contributed by atoms with Crippen LogP contribution in [0.4, 0.5) is 0 Å². The molecule has 4 aliphatic rings. The fourth-order valence-electron chi connectivity index (χ4n) is 8.57. The van der Waals surface area contributed by atoms with Crippen molar-refractivity contribution in [3.05, 3.63) is 59.8 Å². The molecule has 4 N–H and O–H groups in total. The molecule has 17 nitrogen and oxygen atoms in total. The molecule has 0 aromatic carbocycles. The Bertz CT molecular complexity index is 1830. The number of hydrogen-bond donors (Lipinski definition) is 4. The summed E-state index contributed by atoms with van der Waals surface area (Å²) in [4.78, 5) is 64.7. The molecule has 4 rings (SSSR count). The molecule has 4 heterocycles. The maximum Gasteiger partial charge on any atom is 0.331 e. The number of unbranched alkanes of at least 4 members (excludes halogenated alkanes) is 1. The summed E-state index contributed by atoms with van der Waals surface area (Å²) in [6.07, 6.45) is 2.55. The van der Waals surface area contributed by atoms with Crippen molar-refractivity contribution in [3.63, 3.8) is 0 Å². The summed E-state index contributed by atoms with van der Waals surface area (Å²) < 4.78 is 46.7. The number of rotatable bonds is 9. The van der Waals surface area contributed by atoms with Gasteiger partial charge in [-0.3, -0.25) is 9.59 Å². The van der Waals surface area contributed by atoms with Crippen LogP contribution in [-0.4, -0.2) is 131 Å². The van der Waals surface area contributed by atoms with Crippen LogP contribution in [-0.2, 0) is 61.9 Å². The molecule has 0 aliphatic carbocycles. The third-order valence-electron chi connectivity index (χ3n) is 12.4. The molecule has 17 heteroatoms. The smallest absolute Gasteiger partial charge is 0.331 e. The van der Waals surface area contributed by atoms with Crippen molar-refractivity contribution in [2.75, 3.05) is 14.2 Å². The summed E-state index contributed by atoms with van der Waals surface area (Å²) in [5.41, 5.74) is -2.06. The zero-order chi connectivity index (χ0) is 47.6. The SMILES string of the molecule is CCC/C=C/C=C/C(=O)O[C@H]1/C(=C\C(=O)OC)C[C@H]2C[C@H]([C@@H](C)O)OC(=O)C[C@H](O)C[C@@H]3C[C@H](OC(C)=O)C(C)(C)[C@](O)(C[C@@H]4C/C(=C\C(=O)OC)C[C@H](C=CC(C)(C)[C@]1(O)O2)O4)O3. The second-order valence-electron chi connectivity index (χ2n) is 18.3. The first-order valence-corrected chi connectivity index (χ1v) is 21.9. The van der Waals surface area contributed by atoms with Crippen LogP contribution in [0.5, 0.6) is 0 Å². The van der Waals surface area contributed by atoms with E-state index in [0.29, 0.717) is 5.57 Å². The lowest BCUT2D eigenvalue weighted by molar-refractivity contribution is -0.348. The maximum absolute atomic E-state index is 13.4.